The SMILES string of the molecule is COC(=O)c1ccc(O[C@@H](C)C(=O)Nc2ccc(C(C)=O)cc2)c([N+](=O)[O-])c1. The fourth-order valence-corrected chi connectivity index (χ4v) is 2.28. The second-order valence-corrected chi connectivity index (χ2v) is 5.81. The largest absolute Gasteiger partial charge is 0.474 e. The van der Waals surface area contributed by atoms with Gasteiger partial charge in [0.25, 0.3) is 5.91 Å². The molecule has 146 valence electrons. The maximum Gasteiger partial charge on any atom is 0.338 e. The first-order chi connectivity index (χ1) is 13.2. The van der Waals surface area contributed by atoms with Crippen LogP contribution in [0.1, 0.15) is 34.6 Å². The van der Waals surface area contributed by atoms with Gasteiger partial charge in [-0.05, 0) is 50.2 Å². The highest BCUT2D eigenvalue weighted by Crippen LogP contribution is 2.29. The van der Waals surface area contributed by atoms with E-state index < -0.39 is 28.6 Å². The molecule has 0 saturated heterocycles. The molecule has 2 aromatic rings. The van der Waals surface area contributed by atoms with E-state index in [4.69, 9.17) is 4.74 Å². The minimum Gasteiger partial charge on any atom is -0.474 e. The first-order valence-corrected chi connectivity index (χ1v) is 8.18. The van der Waals surface area contributed by atoms with Gasteiger partial charge in [0, 0.05) is 17.3 Å². The number of Topliss-reactive ketones (excluding diaryl/α,β-unsaturated/α-hetero) is 1. The molecule has 0 spiro atoms. The summed E-state index contributed by atoms with van der Waals surface area (Å²) in [7, 11) is 1.16. The molecule has 0 bridgehead atoms. The third kappa shape index (κ3) is 4.91. The first kappa shape index (κ1) is 20.6. The Labute approximate surface area is 160 Å². The van der Waals surface area contributed by atoms with Crippen molar-refractivity contribution in [1.82, 2.24) is 0 Å². The highest BCUT2D eigenvalue weighted by Gasteiger charge is 2.23. The Kier molecular flexibility index (Phi) is 6.43. The van der Waals surface area contributed by atoms with E-state index >= 15 is 0 Å². The summed E-state index contributed by atoms with van der Waals surface area (Å²) in [5.41, 5.74) is 0.474. The Balaban J connectivity index is 2.13. The van der Waals surface area contributed by atoms with Crippen molar-refractivity contribution in [1.29, 1.82) is 0 Å². The van der Waals surface area contributed by atoms with Crippen molar-refractivity contribution in [2.24, 2.45) is 0 Å². The van der Waals surface area contributed by atoms with Gasteiger partial charge in [0.2, 0.25) is 0 Å². The van der Waals surface area contributed by atoms with Crippen LogP contribution in [0.5, 0.6) is 5.75 Å². The van der Waals surface area contributed by atoms with Crippen LogP contribution in [0.3, 0.4) is 0 Å². The summed E-state index contributed by atoms with van der Waals surface area (Å²) in [5, 5.41) is 13.9. The lowest BCUT2D eigenvalue weighted by Crippen LogP contribution is -2.30. The smallest absolute Gasteiger partial charge is 0.338 e. The van der Waals surface area contributed by atoms with Crippen LogP contribution in [0.2, 0.25) is 0 Å². The van der Waals surface area contributed by atoms with Crippen LogP contribution in [0.15, 0.2) is 42.5 Å². The number of anilines is 1. The van der Waals surface area contributed by atoms with E-state index in [0.29, 0.717) is 11.3 Å². The van der Waals surface area contributed by atoms with Crippen molar-refractivity contribution in [3.63, 3.8) is 0 Å². The van der Waals surface area contributed by atoms with Gasteiger partial charge in [-0.3, -0.25) is 19.7 Å². The molecule has 1 atom stereocenters. The topological polar surface area (TPSA) is 125 Å². The summed E-state index contributed by atoms with van der Waals surface area (Å²) in [6, 6.07) is 9.82. The van der Waals surface area contributed by atoms with E-state index in [1.165, 1.54) is 26.0 Å². The van der Waals surface area contributed by atoms with Gasteiger partial charge in [-0.15, -0.1) is 0 Å². The second-order valence-electron chi connectivity index (χ2n) is 5.81. The molecule has 2 rings (SSSR count). The molecule has 0 fully saturated rings. The van der Waals surface area contributed by atoms with Crippen molar-refractivity contribution in [2.45, 2.75) is 20.0 Å². The highest BCUT2D eigenvalue weighted by atomic mass is 16.6. The molecule has 2 aromatic carbocycles. The third-order valence-electron chi connectivity index (χ3n) is 3.81. The molecule has 1 amide bonds. The van der Waals surface area contributed by atoms with Gasteiger partial charge in [0.15, 0.2) is 17.6 Å². The molecule has 0 unspecified atom stereocenters. The predicted octanol–water partition coefficient (Wildman–Crippen LogP) is 2.99. The Morgan fingerprint density at radius 1 is 1.07 bits per heavy atom. The number of amides is 1. The lowest BCUT2D eigenvalue weighted by molar-refractivity contribution is -0.386. The van der Waals surface area contributed by atoms with Crippen molar-refractivity contribution in [3.8, 4) is 5.75 Å². The third-order valence-corrected chi connectivity index (χ3v) is 3.81. The Hall–Kier alpha value is -3.75. The Morgan fingerprint density at radius 3 is 2.21 bits per heavy atom. The molecule has 9 nitrogen and oxygen atoms in total. The molecule has 1 N–H and O–H groups in total. The van der Waals surface area contributed by atoms with E-state index in [9.17, 15) is 24.5 Å². The Morgan fingerprint density at radius 2 is 1.68 bits per heavy atom. The van der Waals surface area contributed by atoms with Gasteiger partial charge in [0.05, 0.1) is 17.6 Å². The van der Waals surface area contributed by atoms with E-state index in [1.807, 2.05) is 0 Å². The molecule has 28 heavy (non-hydrogen) atoms. The number of methoxy groups -OCH3 is 1. The van der Waals surface area contributed by atoms with Gasteiger partial charge in [-0.1, -0.05) is 0 Å². The zero-order chi connectivity index (χ0) is 20.8. The van der Waals surface area contributed by atoms with Crippen molar-refractivity contribution >= 4 is 29.0 Å². The number of hydrogen-bond acceptors (Lipinski definition) is 7. The zero-order valence-corrected chi connectivity index (χ0v) is 15.4. The van der Waals surface area contributed by atoms with E-state index in [-0.39, 0.29) is 17.1 Å². The number of hydrogen-bond donors (Lipinski definition) is 1. The fourth-order valence-electron chi connectivity index (χ4n) is 2.28. The molecular formula is C19H18N2O7. The van der Waals surface area contributed by atoms with Gasteiger partial charge >= 0.3 is 11.7 Å². The van der Waals surface area contributed by atoms with Gasteiger partial charge in [0.1, 0.15) is 0 Å². The van der Waals surface area contributed by atoms with Gasteiger partial charge in [-0.2, -0.15) is 0 Å². The number of nitro groups is 1. The molecule has 0 aliphatic heterocycles. The number of ether oxygens (including phenoxy) is 2. The number of carbonyl (C=O) groups excluding carboxylic acids is 3. The van der Waals surface area contributed by atoms with Gasteiger partial charge in [-0.25, -0.2) is 4.79 Å². The van der Waals surface area contributed by atoms with E-state index in [0.717, 1.165) is 13.2 Å². The maximum atomic E-state index is 12.3. The fraction of sp³-hybridized carbons (Fsp3) is 0.211. The quantitative estimate of drug-likeness (QED) is 0.336. The molecule has 0 heterocycles. The normalized spacial score (nSPS) is 11.2. The second kappa shape index (κ2) is 8.76. The standard InChI is InChI=1S/C19H18N2O7/c1-11(22)13-4-7-15(8-5-13)20-18(23)12(2)28-17-9-6-14(19(24)27-3)10-16(17)21(25)26/h4-10,12H,1-3H3,(H,20,23)/t12-/m0/s1. The number of esters is 1. The summed E-state index contributed by atoms with van der Waals surface area (Å²) < 4.78 is 9.94. The van der Waals surface area contributed by atoms with Crippen LogP contribution in [-0.2, 0) is 9.53 Å². The molecule has 0 saturated carbocycles. The summed E-state index contributed by atoms with van der Waals surface area (Å²) in [6.45, 7) is 2.86. The van der Waals surface area contributed by atoms with Crippen molar-refractivity contribution < 1.29 is 28.8 Å². The number of benzene rings is 2. The minimum atomic E-state index is -1.06. The van der Waals surface area contributed by atoms with Gasteiger partial charge < -0.3 is 14.8 Å². The molecular weight excluding hydrogens is 368 g/mol. The summed E-state index contributed by atoms with van der Waals surface area (Å²) >= 11 is 0. The number of nitrogens with zero attached hydrogens (tertiary/aromatic N) is 1. The van der Waals surface area contributed by atoms with E-state index in [2.05, 4.69) is 10.1 Å². The summed E-state index contributed by atoms with van der Waals surface area (Å²) in [4.78, 5) is 45.6. The zero-order valence-electron chi connectivity index (χ0n) is 15.4. The number of nitro benzene ring substituents is 1. The van der Waals surface area contributed by atoms with Crippen LogP contribution in [0.25, 0.3) is 0 Å². The average molecular weight is 386 g/mol. The maximum absolute atomic E-state index is 12.3. The predicted molar refractivity (Wildman–Crippen MR) is 99.6 cm³/mol. The van der Waals surface area contributed by atoms with E-state index in [1.54, 1.807) is 24.3 Å². The number of nitrogens with one attached hydrogen (secondary N) is 1. The lowest BCUT2D eigenvalue weighted by Gasteiger charge is -2.15. The molecule has 0 radical (unpaired) electrons. The van der Waals surface area contributed by atoms with Crippen LogP contribution < -0.4 is 10.1 Å². The molecule has 0 aliphatic rings. The van der Waals surface area contributed by atoms with Crippen molar-refractivity contribution in [3.05, 3.63) is 63.7 Å². The first-order valence-electron chi connectivity index (χ1n) is 8.18. The summed E-state index contributed by atoms with van der Waals surface area (Å²) in [6.07, 6.45) is -1.06. The lowest BCUT2D eigenvalue weighted by atomic mass is 10.1. The molecule has 9 heteroatoms. The average Bonchev–Trinajstić information content (AvgIpc) is 2.67. The van der Waals surface area contributed by atoms with Crippen LogP contribution in [0.4, 0.5) is 11.4 Å². The number of carbonyl (C=O) groups is 3. The molecule has 0 aromatic heterocycles. The van der Waals surface area contributed by atoms with Crippen molar-refractivity contribution in [2.75, 3.05) is 12.4 Å². The molecule has 0 aliphatic carbocycles. The van der Waals surface area contributed by atoms with Crippen LogP contribution in [-0.4, -0.2) is 35.8 Å². The minimum absolute atomic E-state index is 0.00999. The van der Waals surface area contributed by atoms with Crippen LogP contribution >= 0.6 is 0 Å². The van der Waals surface area contributed by atoms with Crippen LogP contribution in [0, 0.1) is 10.1 Å². The summed E-state index contributed by atoms with van der Waals surface area (Å²) in [5.74, 6) is -1.53. The number of rotatable bonds is 7. The monoisotopic (exact) mass is 386 g/mol. The Bertz CT molecular complexity index is 922. The highest BCUT2D eigenvalue weighted by molar-refractivity contribution is 5.97. The number of ketones is 1.